The lowest BCUT2D eigenvalue weighted by Gasteiger charge is -2.27. The fourth-order valence-electron chi connectivity index (χ4n) is 2.53. The number of hydrogen-bond donors (Lipinski definition) is 1. The van der Waals surface area contributed by atoms with E-state index in [1.807, 2.05) is 11.9 Å². The van der Waals surface area contributed by atoms with Crippen molar-refractivity contribution in [2.75, 3.05) is 34.7 Å². The molecule has 4 nitrogen and oxygen atoms in total. The van der Waals surface area contributed by atoms with Crippen molar-refractivity contribution < 1.29 is 4.39 Å². The van der Waals surface area contributed by atoms with E-state index in [0.29, 0.717) is 12.6 Å². The molecule has 1 aromatic heterocycles. The molecule has 0 amide bonds. The van der Waals surface area contributed by atoms with Crippen molar-refractivity contribution in [1.29, 1.82) is 0 Å². The third-order valence-corrected chi connectivity index (χ3v) is 4.83. The molecule has 130 valence electrons. The number of thiophene rings is 1. The van der Waals surface area contributed by atoms with E-state index in [1.165, 1.54) is 17.0 Å². The number of benzene rings is 1. The van der Waals surface area contributed by atoms with Crippen LogP contribution < -0.4 is 5.32 Å². The third kappa shape index (κ3) is 5.04. The molecule has 0 radical (unpaired) electrons. The summed E-state index contributed by atoms with van der Waals surface area (Å²) in [5, 5.41) is 5.54. The van der Waals surface area contributed by atoms with Crippen LogP contribution in [0, 0.1) is 5.82 Å². The molecule has 2 rings (SSSR count). The van der Waals surface area contributed by atoms with Gasteiger partial charge < -0.3 is 15.1 Å². The first-order valence-electron chi connectivity index (χ1n) is 7.87. The van der Waals surface area contributed by atoms with Gasteiger partial charge in [0.1, 0.15) is 5.82 Å². The maximum atomic E-state index is 13.0. The highest BCUT2D eigenvalue weighted by molar-refractivity contribution is 7.10. The van der Waals surface area contributed by atoms with E-state index in [9.17, 15) is 4.39 Å². The zero-order chi connectivity index (χ0) is 17.5. The fourth-order valence-corrected chi connectivity index (χ4v) is 3.45. The highest BCUT2D eigenvalue weighted by Gasteiger charge is 2.16. The van der Waals surface area contributed by atoms with Gasteiger partial charge in [-0.3, -0.25) is 4.99 Å². The predicted octanol–water partition coefficient (Wildman–Crippen LogP) is 3.20. The van der Waals surface area contributed by atoms with Gasteiger partial charge in [0.15, 0.2) is 5.96 Å². The molecular weight excluding hydrogens is 323 g/mol. The Morgan fingerprint density at radius 2 is 1.92 bits per heavy atom. The maximum Gasteiger partial charge on any atom is 0.193 e. The molecule has 0 fully saturated rings. The largest absolute Gasteiger partial charge is 0.354 e. The van der Waals surface area contributed by atoms with Gasteiger partial charge in [-0.1, -0.05) is 18.2 Å². The highest BCUT2D eigenvalue weighted by Crippen LogP contribution is 2.22. The summed E-state index contributed by atoms with van der Waals surface area (Å²) in [6.45, 7) is 1.44. The van der Waals surface area contributed by atoms with Gasteiger partial charge in [-0.2, -0.15) is 0 Å². The molecule has 1 aromatic carbocycles. The van der Waals surface area contributed by atoms with E-state index in [2.05, 4.69) is 46.8 Å². The summed E-state index contributed by atoms with van der Waals surface area (Å²) in [5.41, 5.74) is 1.05. The summed E-state index contributed by atoms with van der Waals surface area (Å²) < 4.78 is 13.0. The monoisotopic (exact) mass is 348 g/mol. The smallest absolute Gasteiger partial charge is 0.193 e. The quantitative estimate of drug-likeness (QED) is 0.642. The lowest BCUT2D eigenvalue weighted by atomic mass is 10.2. The first kappa shape index (κ1) is 18.4. The van der Waals surface area contributed by atoms with E-state index < -0.39 is 0 Å². The molecule has 0 aliphatic heterocycles. The Hall–Kier alpha value is -1.92. The minimum atomic E-state index is -0.214. The first-order valence-corrected chi connectivity index (χ1v) is 8.75. The number of likely N-dealkylation sites (N-methyl/N-ethyl adjacent to an activating group) is 1. The summed E-state index contributed by atoms with van der Waals surface area (Å²) in [5.74, 6) is 0.608. The SMILES string of the molecule is CN=C(NCC(c1cccs1)N(C)C)N(C)Cc1ccc(F)cc1. The fraction of sp³-hybridized carbons (Fsp3) is 0.389. The zero-order valence-corrected chi connectivity index (χ0v) is 15.5. The minimum absolute atomic E-state index is 0.214. The summed E-state index contributed by atoms with van der Waals surface area (Å²) >= 11 is 1.76. The van der Waals surface area contributed by atoms with Gasteiger partial charge in [-0.15, -0.1) is 11.3 Å². The van der Waals surface area contributed by atoms with E-state index >= 15 is 0 Å². The Labute approximate surface area is 147 Å². The van der Waals surface area contributed by atoms with Crippen LogP contribution in [0.3, 0.4) is 0 Å². The molecule has 6 heteroatoms. The van der Waals surface area contributed by atoms with Crippen molar-refractivity contribution in [3.8, 4) is 0 Å². The Balaban J connectivity index is 1.96. The number of guanidine groups is 1. The Kier molecular flexibility index (Phi) is 6.75. The average molecular weight is 348 g/mol. The number of nitrogens with zero attached hydrogens (tertiary/aromatic N) is 3. The third-order valence-electron chi connectivity index (χ3n) is 3.85. The summed E-state index contributed by atoms with van der Waals surface area (Å²) in [6.07, 6.45) is 0. The van der Waals surface area contributed by atoms with Crippen LogP contribution in [0.15, 0.2) is 46.8 Å². The van der Waals surface area contributed by atoms with Gasteiger partial charge in [0.05, 0.1) is 6.04 Å². The number of aliphatic imine (C=N–C) groups is 1. The molecule has 24 heavy (non-hydrogen) atoms. The van der Waals surface area contributed by atoms with Gasteiger partial charge in [-0.05, 0) is 43.2 Å². The molecule has 0 saturated carbocycles. The average Bonchev–Trinajstić information content (AvgIpc) is 3.07. The van der Waals surface area contributed by atoms with Crippen LogP contribution in [-0.4, -0.2) is 50.5 Å². The summed E-state index contributed by atoms with van der Waals surface area (Å²) in [6, 6.07) is 11.1. The van der Waals surface area contributed by atoms with Crippen LogP contribution in [0.5, 0.6) is 0 Å². The number of halogens is 1. The molecule has 1 unspecified atom stereocenters. The van der Waals surface area contributed by atoms with E-state index in [1.54, 1.807) is 30.5 Å². The van der Waals surface area contributed by atoms with Crippen molar-refractivity contribution in [2.45, 2.75) is 12.6 Å². The van der Waals surface area contributed by atoms with Crippen molar-refractivity contribution in [3.05, 3.63) is 58.0 Å². The molecule has 0 spiro atoms. The second kappa shape index (κ2) is 8.80. The Morgan fingerprint density at radius 1 is 1.21 bits per heavy atom. The van der Waals surface area contributed by atoms with Gasteiger partial charge >= 0.3 is 0 Å². The van der Waals surface area contributed by atoms with Crippen molar-refractivity contribution in [3.63, 3.8) is 0 Å². The summed E-state index contributed by atoms with van der Waals surface area (Å²) in [4.78, 5) is 9.92. The Bertz CT molecular complexity index is 638. The molecular formula is C18H25FN4S. The number of hydrogen-bond acceptors (Lipinski definition) is 3. The zero-order valence-electron chi connectivity index (χ0n) is 14.7. The van der Waals surface area contributed by atoms with Gasteiger partial charge in [0.25, 0.3) is 0 Å². The van der Waals surface area contributed by atoms with E-state index in [4.69, 9.17) is 0 Å². The Morgan fingerprint density at radius 3 is 2.46 bits per heavy atom. The standard InChI is InChI=1S/C18H25FN4S/c1-20-18(23(4)13-14-7-9-15(19)10-8-14)21-12-16(22(2)3)17-6-5-11-24-17/h5-11,16H,12-13H2,1-4H3,(H,20,21). The first-order chi connectivity index (χ1) is 11.5. The molecule has 0 saturated heterocycles. The highest BCUT2D eigenvalue weighted by atomic mass is 32.1. The molecule has 1 atom stereocenters. The lowest BCUT2D eigenvalue weighted by Crippen LogP contribution is -2.42. The van der Waals surface area contributed by atoms with Crippen LogP contribution in [0.2, 0.25) is 0 Å². The number of nitrogens with one attached hydrogen (secondary N) is 1. The van der Waals surface area contributed by atoms with Gasteiger partial charge in [-0.25, -0.2) is 4.39 Å². The minimum Gasteiger partial charge on any atom is -0.354 e. The van der Waals surface area contributed by atoms with E-state index in [0.717, 1.165) is 18.1 Å². The van der Waals surface area contributed by atoms with Crippen molar-refractivity contribution in [1.82, 2.24) is 15.1 Å². The van der Waals surface area contributed by atoms with Crippen LogP contribution in [0.4, 0.5) is 4.39 Å². The molecule has 0 aliphatic rings. The summed E-state index contributed by atoms with van der Waals surface area (Å²) in [7, 11) is 7.92. The molecule has 2 aromatic rings. The van der Waals surface area contributed by atoms with Crippen LogP contribution in [-0.2, 0) is 6.54 Å². The molecule has 0 aliphatic carbocycles. The van der Waals surface area contributed by atoms with Crippen LogP contribution in [0.1, 0.15) is 16.5 Å². The lowest BCUT2D eigenvalue weighted by molar-refractivity contribution is 0.299. The van der Waals surface area contributed by atoms with Crippen molar-refractivity contribution >= 4 is 17.3 Å². The normalized spacial score (nSPS) is 13.2. The molecule has 1 N–H and O–H groups in total. The second-order valence-corrected chi connectivity index (χ2v) is 6.88. The van der Waals surface area contributed by atoms with Gasteiger partial charge in [0.2, 0.25) is 0 Å². The van der Waals surface area contributed by atoms with Gasteiger partial charge in [0, 0.05) is 32.1 Å². The number of rotatable bonds is 6. The molecule has 1 heterocycles. The van der Waals surface area contributed by atoms with E-state index in [-0.39, 0.29) is 5.82 Å². The van der Waals surface area contributed by atoms with Crippen LogP contribution >= 0.6 is 11.3 Å². The predicted molar refractivity (Wildman–Crippen MR) is 100.0 cm³/mol. The van der Waals surface area contributed by atoms with Crippen LogP contribution in [0.25, 0.3) is 0 Å². The second-order valence-electron chi connectivity index (χ2n) is 5.91. The topological polar surface area (TPSA) is 30.9 Å². The maximum absolute atomic E-state index is 13.0. The van der Waals surface area contributed by atoms with Crippen molar-refractivity contribution in [2.24, 2.45) is 4.99 Å². The molecule has 0 bridgehead atoms.